The lowest BCUT2D eigenvalue weighted by Crippen LogP contribution is -2.06. The van der Waals surface area contributed by atoms with Gasteiger partial charge in [0.15, 0.2) is 0 Å². The summed E-state index contributed by atoms with van der Waals surface area (Å²) in [4.78, 5) is 3.42. The van der Waals surface area contributed by atoms with E-state index in [0.29, 0.717) is 6.61 Å². The van der Waals surface area contributed by atoms with Gasteiger partial charge in [0.25, 0.3) is 20.0 Å². The molecule has 1 unspecified atom stereocenters. The van der Waals surface area contributed by atoms with Crippen LogP contribution < -0.4 is 0 Å². The van der Waals surface area contributed by atoms with Crippen molar-refractivity contribution >= 4 is 20.0 Å². The number of hydrogen-bond acceptors (Lipinski definition) is 5. The van der Waals surface area contributed by atoms with Gasteiger partial charge in [-0.25, -0.2) is 16.8 Å². The molecular weight excluding hydrogens is 336 g/mol. The molecule has 1 aromatic carbocycles. The van der Waals surface area contributed by atoms with Gasteiger partial charge in [-0.2, -0.15) is 0 Å². The average molecular weight is 344 g/mol. The Morgan fingerprint density at radius 2 is 1.73 bits per heavy atom. The zero-order chi connectivity index (χ0) is 16.4. The maximum absolute atomic E-state index is 11.9. The van der Waals surface area contributed by atoms with E-state index in [2.05, 4.69) is 18.9 Å². The zero-order valence-electron chi connectivity index (χ0n) is 10.8. The molecule has 116 valence electrons. The van der Waals surface area contributed by atoms with Crippen LogP contribution in [0.3, 0.4) is 0 Å². The molecule has 0 aliphatic carbocycles. The van der Waals surface area contributed by atoms with Crippen LogP contribution in [0.2, 0.25) is 0 Å². The SMILES string of the molecule is [N-]=[N+]=NS(=O)(=O)c1ccc(CC2CO2)c(S(=O)(=O)N=[N+]=[N-])c1. The highest BCUT2D eigenvalue weighted by atomic mass is 32.2. The molecular formula is C9H8N6O5S2. The van der Waals surface area contributed by atoms with E-state index < -0.39 is 29.8 Å². The summed E-state index contributed by atoms with van der Waals surface area (Å²) in [5, 5.41) is 0. The zero-order valence-corrected chi connectivity index (χ0v) is 12.4. The Kier molecular flexibility index (Phi) is 4.26. The first kappa shape index (κ1) is 16.1. The quantitative estimate of drug-likeness (QED) is 0.328. The molecule has 0 saturated carbocycles. The number of epoxide rings is 1. The van der Waals surface area contributed by atoms with E-state index in [1.165, 1.54) is 6.07 Å². The fraction of sp³-hybridized carbons (Fsp3) is 0.333. The number of ether oxygens (including phenoxy) is 1. The van der Waals surface area contributed by atoms with E-state index in [9.17, 15) is 16.8 Å². The summed E-state index contributed by atoms with van der Waals surface area (Å²) < 4.78 is 57.5. The highest BCUT2D eigenvalue weighted by Crippen LogP contribution is 2.27. The van der Waals surface area contributed by atoms with Gasteiger partial charge in [-0.15, -0.1) is 0 Å². The largest absolute Gasteiger partial charge is 0.373 e. The molecule has 1 saturated heterocycles. The van der Waals surface area contributed by atoms with Gasteiger partial charge in [0, 0.05) is 25.3 Å². The minimum Gasteiger partial charge on any atom is -0.373 e. The Bertz CT molecular complexity index is 908. The number of azide groups is 2. The van der Waals surface area contributed by atoms with Crippen molar-refractivity contribution in [1.82, 2.24) is 0 Å². The minimum atomic E-state index is -4.40. The molecule has 1 aliphatic rings. The van der Waals surface area contributed by atoms with E-state index in [1.807, 2.05) is 0 Å². The Morgan fingerprint density at radius 1 is 1.14 bits per heavy atom. The molecule has 1 fully saturated rings. The maximum Gasteiger partial charge on any atom is 0.264 e. The number of sulfonamides is 2. The lowest BCUT2D eigenvalue weighted by molar-refractivity contribution is 0.406. The molecule has 0 N–H and O–H groups in total. The number of benzene rings is 1. The topological polar surface area (TPSA) is 178 Å². The van der Waals surface area contributed by atoms with Gasteiger partial charge in [-0.3, -0.25) is 0 Å². The van der Waals surface area contributed by atoms with Crippen molar-refractivity contribution in [2.75, 3.05) is 6.61 Å². The third-order valence-electron chi connectivity index (χ3n) is 2.75. The molecule has 0 radical (unpaired) electrons. The Balaban J connectivity index is 2.64. The molecule has 0 aromatic heterocycles. The van der Waals surface area contributed by atoms with E-state index in [4.69, 9.17) is 15.8 Å². The van der Waals surface area contributed by atoms with Crippen molar-refractivity contribution in [2.24, 2.45) is 9.04 Å². The molecule has 13 heteroatoms. The molecule has 0 bridgehead atoms. The molecule has 11 nitrogen and oxygen atoms in total. The van der Waals surface area contributed by atoms with Crippen LogP contribution in [-0.2, 0) is 31.2 Å². The van der Waals surface area contributed by atoms with Crippen LogP contribution >= 0.6 is 0 Å². The number of nitrogens with zero attached hydrogens (tertiary/aromatic N) is 6. The van der Waals surface area contributed by atoms with E-state index in [1.54, 1.807) is 0 Å². The van der Waals surface area contributed by atoms with Crippen molar-refractivity contribution in [3.63, 3.8) is 0 Å². The van der Waals surface area contributed by atoms with E-state index in [0.717, 1.165) is 12.1 Å². The minimum absolute atomic E-state index is 0.167. The van der Waals surface area contributed by atoms with Gasteiger partial charge < -0.3 is 4.74 Å². The highest BCUT2D eigenvalue weighted by Gasteiger charge is 2.28. The van der Waals surface area contributed by atoms with Gasteiger partial charge in [0.05, 0.1) is 22.5 Å². The van der Waals surface area contributed by atoms with Crippen LogP contribution in [-0.4, -0.2) is 29.5 Å². The molecule has 1 atom stereocenters. The van der Waals surface area contributed by atoms with Gasteiger partial charge in [-0.1, -0.05) is 6.07 Å². The summed E-state index contributed by atoms with van der Waals surface area (Å²) in [6, 6.07) is 3.16. The van der Waals surface area contributed by atoms with Crippen LogP contribution in [0.25, 0.3) is 20.9 Å². The smallest absolute Gasteiger partial charge is 0.264 e. The lowest BCUT2D eigenvalue weighted by atomic mass is 10.1. The first-order valence-corrected chi connectivity index (χ1v) is 8.55. The van der Waals surface area contributed by atoms with Gasteiger partial charge >= 0.3 is 0 Å². The van der Waals surface area contributed by atoms with Crippen molar-refractivity contribution in [1.29, 1.82) is 0 Å². The third kappa shape index (κ3) is 3.47. The van der Waals surface area contributed by atoms with Crippen molar-refractivity contribution in [3.8, 4) is 0 Å². The standard InChI is InChI=1S/C9H8N6O5S2/c10-12-14-21(16,17)8-2-1-6(3-7-5-20-7)9(4-8)22(18,19)15-13-11/h1-2,4,7H,3,5H2. The summed E-state index contributed by atoms with van der Waals surface area (Å²) in [5.74, 6) is 0. The fourth-order valence-corrected chi connectivity index (χ4v) is 3.44. The van der Waals surface area contributed by atoms with Gasteiger partial charge in [-0.05, 0) is 28.8 Å². The molecule has 1 aliphatic heterocycles. The number of hydrogen-bond donors (Lipinski definition) is 0. The van der Waals surface area contributed by atoms with Crippen molar-refractivity contribution in [3.05, 3.63) is 44.6 Å². The first-order chi connectivity index (χ1) is 10.3. The normalized spacial score (nSPS) is 17.2. The van der Waals surface area contributed by atoms with Crippen molar-refractivity contribution in [2.45, 2.75) is 22.3 Å². The Hall–Kier alpha value is -2.30. The van der Waals surface area contributed by atoms with Crippen LogP contribution in [0.5, 0.6) is 0 Å². The summed E-state index contributed by atoms with van der Waals surface area (Å²) in [6.45, 7) is 0.458. The van der Waals surface area contributed by atoms with Crippen LogP contribution in [0, 0.1) is 0 Å². The number of rotatable bonds is 6. The van der Waals surface area contributed by atoms with Gasteiger partial charge in [0.2, 0.25) is 0 Å². The van der Waals surface area contributed by atoms with Crippen molar-refractivity contribution < 1.29 is 21.6 Å². The third-order valence-corrected chi connectivity index (χ3v) is 5.11. The molecule has 0 spiro atoms. The summed E-state index contributed by atoms with van der Waals surface area (Å²) in [6.07, 6.45) is 0.0526. The second kappa shape index (κ2) is 5.83. The highest BCUT2D eigenvalue weighted by molar-refractivity contribution is 7.90. The summed E-state index contributed by atoms with van der Waals surface area (Å²) in [7, 11) is -8.76. The lowest BCUT2D eigenvalue weighted by Gasteiger charge is -2.08. The Labute approximate surface area is 124 Å². The predicted octanol–water partition coefficient (Wildman–Crippen LogP) is 1.63. The van der Waals surface area contributed by atoms with E-state index >= 15 is 0 Å². The van der Waals surface area contributed by atoms with Crippen LogP contribution in [0.4, 0.5) is 0 Å². The monoisotopic (exact) mass is 344 g/mol. The molecule has 1 heterocycles. The van der Waals surface area contributed by atoms with E-state index in [-0.39, 0.29) is 18.1 Å². The fourth-order valence-electron chi connectivity index (χ4n) is 1.72. The van der Waals surface area contributed by atoms with Crippen LogP contribution in [0.1, 0.15) is 5.56 Å². The maximum atomic E-state index is 11.9. The Morgan fingerprint density at radius 3 is 2.27 bits per heavy atom. The molecule has 0 amide bonds. The molecule has 1 aromatic rings. The van der Waals surface area contributed by atoms with Gasteiger partial charge in [0.1, 0.15) is 0 Å². The second-order valence-corrected chi connectivity index (χ2v) is 7.36. The molecule has 22 heavy (non-hydrogen) atoms. The van der Waals surface area contributed by atoms with Crippen LogP contribution in [0.15, 0.2) is 37.0 Å². The molecule has 2 rings (SSSR count). The first-order valence-electron chi connectivity index (χ1n) is 5.67. The predicted molar refractivity (Wildman–Crippen MR) is 72.5 cm³/mol. The summed E-state index contributed by atoms with van der Waals surface area (Å²) in [5.41, 5.74) is 16.8. The second-order valence-electron chi connectivity index (χ2n) is 4.22. The average Bonchev–Trinajstić information content (AvgIpc) is 3.22. The summed E-state index contributed by atoms with van der Waals surface area (Å²) >= 11 is 0.